The molecule has 3 aromatic rings. The predicted octanol–water partition coefficient (Wildman–Crippen LogP) is 1.98. The van der Waals surface area contributed by atoms with E-state index in [9.17, 15) is 9.59 Å². The Morgan fingerprint density at radius 2 is 2.07 bits per heavy atom. The highest BCUT2D eigenvalue weighted by Crippen LogP contribution is 2.19. The van der Waals surface area contributed by atoms with Crippen molar-refractivity contribution >= 4 is 29.1 Å². The summed E-state index contributed by atoms with van der Waals surface area (Å²) in [5.74, 6) is -0.267. The van der Waals surface area contributed by atoms with Crippen molar-refractivity contribution in [2.75, 3.05) is 6.54 Å². The molecular formula is C18H19ClN6O2. The molecule has 0 fully saturated rings. The van der Waals surface area contributed by atoms with Crippen LogP contribution in [-0.2, 0) is 13.1 Å². The monoisotopic (exact) mass is 386 g/mol. The fourth-order valence-electron chi connectivity index (χ4n) is 3.24. The number of nitrogens with zero attached hydrogens (tertiary/aromatic N) is 5. The molecule has 0 bridgehead atoms. The molecule has 0 aliphatic carbocycles. The summed E-state index contributed by atoms with van der Waals surface area (Å²) in [6.45, 7) is 5.34. The molecular weight excluding hydrogens is 368 g/mol. The van der Waals surface area contributed by atoms with Gasteiger partial charge in [0.05, 0.1) is 17.8 Å². The summed E-state index contributed by atoms with van der Waals surface area (Å²) in [6, 6.07) is 5.41. The van der Waals surface area contributed by atoms with E-state index >= 15 is 0 Å². The Balaban J connectivity index is 1.54. The molecule has 0 saturated carbocycles. The minimum absolute atomic E-state index is 0.0717. The SMILES string of the molecule is CC(C)NC(=O)c1ccc2n1CCN(C(=O)c1cc3ncc(Cl)cn3n1)C2. The first-order chi connectivity index (χ1) is 12.9. The minimum Gasteiger partial charge on any atom is -0.349 e. The van der Waals surface area contributed by atoms with E-state index in [0.29, 0.717) is 41.7 Å². The molecule has 0 unspecified atom stereocenters. The highest BCUT2D eigenvalue weighted by Gasteiger charge is 2.26. The number of halogens is 1. The van der Waals surface area contributed by atoms with Crippen molar-refractivity contribution in [3.05, 3.63) is 52.7 Å². The zero-order valence-electron chi connectivity index (χ0n) is 15.0. The van der Waals surface area contributed by atoms with Crippen LogP contribution in [0.4, 0.5) is 0 Å². The molecule has 0 spiro atoms. The Kier molecular flexibility index (Phi) is 4.35. The van der Waals surface area contributed by atoms with Gasteiger partial charge in [0.15, 0.2) is 11.3 Å². The fraction of sp³-hybridized carbons (Fsp3) is 0.333. The number of carbonyl (C=O) groups is 2. The van der Waals surface area contributed by atoms with Gasteiger partial charge in [0.2, 0.25) is 0 Å². The van der Waals surface area contributed by atoms with Gasteiger partial charge >= 0.3 is 0 Å². The largest absolute Gasteiger partial charge is 0.349 e. The predicted molar refractivity (Wildman–Crippen MR) is 99.8 cm³/mol. The van der Waals surface area contributed by atoms with Crippen molar-refractivity contribution in [2.45, 2.75) is 33.0 Å². The number of amides is 2. The van der Waals surface area contributed by atoms with Gasteiger partial charge < -0.3 is 14.8 Å². The molecule has 27 heavy (non-hydrogen) atoms. The second-order valence-electron chi connectivity index (χ2n) is 6.82. The molecule has 140 valence electrons. The van der Waals surface area contributed by atoms with Crippen molar-refractivity contribution in [2.24, 2.45) is 0 Å². The van der Waals surface area contributed by atoms with Crippen LogP contribution in [0.5, 0.6) is 0 Å². The summed E-state index contributed by atoms with van der Waals surface area (Å²) in [7, 11) is 0. The fourth-order valence-corrected chi connectivity index (χ4v) is 3.38. The molecule has 0 saturated heterocycles. The van der Waals surface area contributed by atoms with Crippen LogP contribution in [0, 0.1) is 0 Å². The van der Waals surface area contributed by atoms with E-state index in [0.717, 1.165) is 5.69 Å². The Morgan fingerprint density at radius 1 is 1.26 bits per heavy atom. The van der Waals surface area contributed by atoms with Crippen molar-refractivity contribution < 1.29 is 9.59 Å². The molecule has 1 N–H and O–H groups in total. The molecule has 8 nitrogen and oxygen atoms in total. The summed E-state index contributed by atoms with van der Waals surface area (Å²) in [5, 5.41) is 7.63. The van der Waals surface area contributed by atoms with Crippen LogP contribution in [0.2, 0.25) is 5.02 Å². The highest BCUT2D eigenvalue weighted by molar-refractivity contribution is 6.30. The van der Waals surface area contributed by atoms with E-state index in [1.165, 1.54) is 10.7 Å². The number of fused-ring (bicyclic) bond motifs is 2. The topological polar surface area (TPSA) is 84.5 Å². The van der Waals surface area contributed by atoms with Gasteiger partial charge in [0, 0.05) is 37.1 Å². The quantitative estimate of drug-likeness (QED) is 0.745. The highest BCUT2D eigenvalue weighted by atomic mass is 35.5. The summed E-state index contributed by atoms with van der Waals surface area (Å²) >= 11 is 5.92. The molecule has 4 heterocycles. The molecule has 0 aromatic carbocycles. The van der Waals surface area contributed by atoms with Crippen LogP contribution in [-0.4, -0.2) is 48.5 Å². The molecule has 9 heteroatoms. The van der Waals surface area contributed by atoms with Gasteiger partial charge in [-0.15, -0.1) is 0 Å². The lowest BCUT2D eigenvalue weighted by atomic mass is 10.2. The van der Waals surface area contributed by atoms with Crippen LogP contribution in [0.1, 0.15) is 40.5 Å². The maximum absolute atomic E-state index is 12.9. The van der Waals surface area contributed by atoms with Gasteiger partial charge in [0.25, 0.3) is 11.8 Å². The third-order valence-corrected chi connectivity index (χ3v) is 4.65. The van der Waals surface area contributed by atoms with Crippen LogP contribution in [0.3, 0.4) is 0 Å². The number of aromatic nitrogens is 4. The molecule has 3 aromatic heterocycles. The summed E-state index contributed by atoms with van der Waals surface area (Å²) in [6.07, 6.45) is 3.13. The number of rotatable bonds is 3. The molecule has 2 amide bonds. The Hall–Kier alpha value is -2.87. The Bertz CT molecular complexity index is 1040. The van der Waals surface area contributed by atoms with E-state index in [1.54, 1.807) is 23.2 Å². The average molecular weight is 387 g/mol. The van der Waals surface area contributed by atoms with E-state index < -0.39 is 0 Å². The maximum Gasteiger partial charge on any atom is 0.274 e. The first kappa shape index (κ1) is 17.5. The van der Waals surface area contributed by atoms with Gasteiger partial charge in [-0.3, -0.25) is 9.59 Å². The first-order valence-electron chi connectivity index (χ1n) is 8.72. The average Bonchev–Trinajstić information content (AvgIpc) is 3.23. The standard InChI is InChI=1S/C18H19ClN6O2/c1-11(2)21-17(26)15-4-3-13-10-23(5-6-24(13)15)18(27)14-7-16-20-8-12(19)9-25(16)22-14/h3-4,7-9,11H,5-6,10H2,1-2H3,(H,21,26). The first-order valence-corrected chi connectivity index (χ1v) is 9.09. The molecule has 1 aliphatic heterocycles. The molecule has 0 radical (unpaired) electrons. The second kappa shape index (κ2) is 6.70. The van der Waals surface area contributed by atoms with E-state index in [-0.39, 0.29) is 17.9 Å². The number of hydrogen-bond donors (Lipinski definition) is 1. The number of hydrogen-bond acceptors (Lipinski definition) is 4. The summed E-state index contributed by atoms with van der Waals surface area (Å²) in [5.41, 5.74) is 2.43. The second-order valence-corrected chi connectivity index (χ2v) is 7.26. The van der Waals surface area contributed by atoms with Crippen LogP contribution in [0.25, 0.3) is 5.65 Å². The Labute approximate surface area is 160 Å². The zero-order valence-corrected chi connectivity index (χ0v) is 15.8. The van der Waals surface area contributed by atoms with Gasteiger partial charge in [-0.25, -0.2) is 9.50 Å². The van der Waals surface area contributed by atoms with Gasteiger partial charge in [-0.05, 0) is 26.0 Å². The van der Waals surface area contributed by atoms with Crippen molar-refractivity contribution in [1.82, 2.24) is 29.4 Å². The van der Waals surface area contributed by atoms with Crippen LogP contribution in [0.15, 0.2) is 30.6 Å². The molecule has 0 atom stereocenters. The van der Waals surface area contributed by atoms with Gasteiger partial charge in [0.1, 0.15) is 5.69 Å². The van der Waals surface area contributed by atoms with Crippen LogP contribution >= 0.6 is 11.6 Å². The third kappa shape index (κ3) is 3.28. The molecule has 4 rings (SSSR count). The van der Waals surface area contributed by atoms with Crippen molar-refractivity contribution in [3.8, 4) is 0 Å². The lowest BCUT2D eigenvalue weighted by Gasteiger charge is -2.29. The van der Waals surface area contributed by atoms with Crippen molar-refractivity contribution in [3.63, 3.8) is 0 Å². The summed E-state index contributed by atoms with van der Waals surface area (Å²) in [4.78, 5) is 31.0. The van der Waals surface area contributed by atoms with Gasteiger partial charge in [-0.2, -0.15) is 5.10 Å². The summed E-state index contributed by atoms with van der Waals surface area (Å²) < 4.78 is 3.46. The van der Waals surface area contributed by atoms with E-state index in [4.69, 9.17) is 11.6 Å². The van der Waals surface area contributed by atoms with Crippen molar-refractivity contribution in [1.29, 1.82) is 0 Å². The van der Waals surface area contributed by atoms with Crippen LogP contribution < -0.4 is 5.32 Å². The van der Waals surface area contributed by atoms with Gasteiger partial charge in [-0.1, -0.05) is 11.6 Å². The molecule has 1 aliphatic rings. The maximum atomic E-state index is 12.9. The number of carbonyl (C=O) groups excluding carboxylic acids is 2. The van der Waals surface area contributed by atoms with E-state index in [1.807, 2.05) is 24.5 Å². The lowest BCUT2D eigenvalue weighted by Crippen LogP contribution is -2.40. The smallest absolute Gasteiger partial charge is 0.274 e. The zero-order chi connectivity index (χ0) is 19.1. The van der Waals surface area contributed by atoms with E-state index in [2.05, 4.69) is 15.4 Å². The number of nitrogens with one attached hydrogen (secondary N) is 1. The Morgan fingerprint density at radius 3 is 2.85 bits per heavy atom. The third-order valence-electron chi connectivity index (χ3n) is 4.46. The minimum atomic E-state index is -0.169. The lowest BCUT2D eigenvalue weighted by molar-refractivity contribution is 0.0703. The normalized spacial score (nSPS) is 13.9.